The molecule has 0 aliphatic heterocycles. The van der Waals surface area contributed by atoms with Gasteiger partial charge in [0, 0.05) is 12.8 Å². The van der Waals surface area contributed by atoms with Crippen LogP contribution in [0.4, 0.5) is 0 Å². The Morgan fingerprint density at radius 1 is 0.900 bits per heavy atom. The van der Waals surface area contributed by atoms with E-state index in [2.05, 4.69) is 10.6 Å². The van der Waals surface area contributed by atoms with Gasteiger partial charge in [-0.2, -0.15) is 0 Å². The average molecular weight is 411 g/mol. The van der Waals surface area contributed by atoms with Crippen molar-refractivity contribution in [2.24, 2.45) is 5.73 Å². The highest BCUT2D eigenvalue weighted by Gasteiger charge is 2.21. The molecule has 0 spiro atoms. The SMILES string of the molecule is NC(=O)CNC(=O)[C@H](CCC(=O)O)NC(=O)CCc1ccc(-c2ccccc2)cc1. The van der Waals surface area contributed by atoms with Gasteiger partial charge in [0.2, 0.25) is 17.7 Å². The zero-order valence-corrected chi connectivity index (χ0v) is 16.5. The van der Waals surface area contributed by atoms with E-state index in [-0.39, 0.29) is 31.7 Å². The first kappa shape index (κ1) is 22.6. The Morgan fingerprint density at radius 2 is 1.53 bits per heavy atom. The fourth-order valence-corrected chi connectivity index (χ4v) is 2.85. The molecule has 0 aliphatic carbocycles. The molecular formula is C22H25N3O5. The standard InChI is InChI=1S/C22H25N3O5/c23-19(26)14-24-22(30)18(11-13-21(28)29)25-20(27)12-8-15-6-9-17(10-7-15)16-4-2-1-3-5-16/h1-7,9-10,18H,8,11-14H2,(H2,23,26)(H,24,30)(H,25,27)(H,28,29)/t18-/m0/s1. The highest BCUT2D eigenvalue weighted by molar-refractivity contribution is 5.90. The number of nitrogens with two attached hydrogens (primary N) is 1. The molecule has 0 unspecified atom stereocenters. The van der Waals surface area contributed by atoms with Crippen molar-refractivity contribution in [3.05, 3.63) is 60.2 Å². The van der Waals surface area contributed by atoms with Crippen LogP contribution >= 0.6 is 0 Å². The number of carboxylic acids is 1. The lowest BCUT2D eigenvalue weighted by Gasteiger charge is -2.17. The van der Waals surface area contributed by atoms with Crippen molar-refractivity contribution in [2.75, 3.05) is 6.54 Å². The van der Waals surface area contributed by atoms with Gasteiger partial charge in [-0.25, -0.2) is 0 Å². The first-order valence-corrected chi connectivity index (χ1v) is 9.56. The summed E-state index contributed by atoms with van der Waals surface area (Å²) >= 11 is 0. The zero-order chi connectivity index (χ0) is 21.9. The van der Waals surface area contributed by atoms with E-state index in [1.807, 2.05) is 54.6 Å². The number of hydrogen-bond donors (Lipinski definition) is 4. The number of nitrogens with one attached hydrogen (secondary N) is 2. The fraction of sp³-hybridized carbons (Fsp3) is 0.273. The lowest BCUT2D eigenvalue weighted by molar-refractivity contribution is -0.138. The molecule has 0 radical (unpaired) electrons. The predicted molar refractivity (Wildman–Crippen MR) is 111 cm³/mol. The van der Waals surface area contributed by atoms with Gasteiger partial charge in [-0.1, -0.05) is 54.6 Å². The van der Waals surface area contributed by atoms with Gasteiger partial charge in [0.25, 0.3) is 0 Å². The Kier molecular flexibility index (Phi) is 8.56. The van der Waals surface area contributed by atoms with E-state index in [1.165, 1.54) is 0 Å². The molecule has 30 heavy (non-hydrogen) atoms. The Hall–Kier alpha value is -3.68. The van der Waals surface area contributed by atoms with Crippen LogP contribution in [0.5, 0.6) is 0 Å². The number of carboxylic acid groups (broad SMARTS) is 1. The normalized spacial score (nSPS) is 11.3. The molecule has 0 saturated heterocycles. The third-order valence-electron chi connectivity index (χ3n) is 4.44. The summed E-state index contributed by atoms with van der Waals surface area (Å²) in [5.41, 5.74) is 8.13. The van der Waals surface area contributed by atoms with Crippen molar-refractivity contribution in [1.29, 1.82) is 0 Å². The molecule has 0 bridgehead atoms. The molecule has 5 N–H and O–H groups in total. The van der Waals surface area contributed by atoms with E-state index >= 15 is 0 Å². The summed E-state index contributed by atoms with van der Waals surface area (Å²) in [7, 11) is 0. The third-order valence-corrected chi connectivity index (χ3v) is 4.44. The minimum absolute atomic E-state index is 0.0859. The van der Waals surface area contributed by atoms with Gasteiger partial charge in [-0.3, -0.25) is 19.2 Å². The number of carbonyl (C=O) groups excluding carboxylic acids is 3. The molecule has 0 aromatic heterocycles. The van der Waals surface area contributed by atoms with E-state index in [0.717, 1.165) is 16.7 Å². The quantitative estimate of drug-likeness (QED) is 0.441. The van der Waals surface area contributed by atoms with Gasteiger partial charge >= 0.3 is 5.97 Å². The molecular weight excluding hydrogens is 386 g/mol. The molecule has 0 aliphatic rings. The second-order valence-electron chi connectivity index (χ2n) is 6.80. The van der Waals surface area contributed by atoms with Crippen molar-refractivity contribution < 1.29 is 24.3 Å². The molecule has 2 aromatic carbocycles. The first-order chi connectivity index (χ1) is 14.3. The maximum atomic E-state index is 12.3. The van der Waals surface area contributed by atoms with Crippen molar-refractivity contribution >= 4 is 23.7 Å². The van der Waals surface area contributed by atoms with E-state index < -0.39 is 23.8 Å². The van der Waals surface area contributed by atoms with Crippen LogP contribution in [-0.4, -0.2) is 41.4 Å². The number of aliphatic carboxylic acids is 1. The molecule has 2 aromatic rings. The van der Waals surface area contributed by atoms with E-state index in [4.69, 9.17) is 10.8 Å². The van der Waals surface area contributed by atoms with Crippen LogP contribution in [0.25, 0.3) is 11.1 Å². The summed E-state index contributed by atoms with van der Waals surface area (Å²) < 4.78 is 0. The largest absolute Gasteiger partial charge is 0.481 e. The third kappa shape index (κ3) is 7.75. The van der Waals surface area contributed by atoms with Crippen LogP contribution in [0.2, 0.25) is 0 Å². The highest BCUT2D eigenvalue weighted by atomic mass is 16.4. The van der Waals surface area contributed by atoms with Crippen LogP contribution in [0.15, 0.2) is 54.6 Å². The maximum absolute atomic E-state index is 12.3. The Balaban J connectivity index is 1.90. The zero-order valence-electron chi connectivity index (χ0n) is 16.5. The van der Waals surface area contributed by atoms with E-state index in [1.54, 1.807) is 0 Å². The monoisotopic (exact) mass is 411 g/mol. The molecule has 8 heteroatoms. The van der Waals surface area contributed by atoms with Gasteiger partial charge < -0.3 is 21.5 Å². The van der Waals surface area contributed by atoms with Crippen molar-refractivity contribution in [3.8, 4) is 11.1 Å². The lowest BCUT2D eigenvalue weighted by atomic mass is 10.0. The second kappa shape index (κ2) is 11.4. The summed E-state index contributed by atoms with van der Waals surface area (Å²) in [5, 5.41) is 13.7. The molecule has 8 nitrogen and oxygen atoms in total. The predicted octanol–water partition coefficient (Wildman–Crippen LogP) is 1.24. The second-order valence-corrected chi connectivity index (χ2v) is 6.80. The minimum atomic E-state index is -1.09. The molecule has 158 valence electrons. The van der Waals surface area contributed by atoms with Crippen LogP contribution in [0.3, 0.4) is 0 Å². The molecule has 0 fully saturated rings. The molecule has 0 saturated carbocycles. The van der Waals surface area contributed by atoms with Crippen molar-refractivity contribution in [1.82, 2.24) is 10.6 Å². The summed E-state index contributed by atoms with van der Waals surface area (Å²) in [6.45, 7) is -0.383. The number of carbonyl (C=O) groups is 4. The number of amides is 3. The van der Waals surface area contributed by atoms with Crippen LogP contribution < -0.4 is 16.4 Å². The van der Waals surface area contributed by atoms with Crippen LogP contribution in [-0.2, 0) is 25.6 Å². The first-order valence-electron chi connectivity index (χ1n) is 9.56. The smallest absolute Gasteiger partial charge is 0.303 e. The number of rotatable bonds is 11. The number of hydrogen-bond acceptors (Lipinski definition) is 4. The molecule has 2 rings (SSSR count). The van der Waals surface area contributed by atoms with Crippen LogP contribution in [0, 0.1) is 0 Å². The molecule has 3 amide bonds. The topological polar surface area (TPSA) is 139 Å². The summed E-state index contributed by atoms with van der Waals surface area (Å²) in [6, 6.07) is 16.7. The Bertz CT molecular complexity index is 881. The summed E-state index contributed by atoms with van der Waals surface area (Å²) in [6.07, 6.45) is 0.222. The fourth-order valence-electron chi connectivity index (χ4n) is 2.85. The number of primary amides is 1. The minimum Gasteiger partial charge on any atom is -0.481 e. The van der Waals surface area contributed by atoms with E-state index in [0.29, 0.717) is 6.42 Å². The summed E-state index contributed by atoms with van der Waals surface area (Å²) in [4.78, 5) is 46.0. The van der Waals surface area contributed by atoms with Gasteiger partial charge in [-0.15, -0.1) is 0 Å². The van der Waals surface area contributed by atoms with Crippen molar-refractivity contribution in [3.63, 3.8) is 0 Å². The molecule has 1 atom stereocenters. The van der Waals surface area contributed by atoms with Gasteiger partial charge in [-0.05, 0) is 29.5 Å². The number of aryl methyl sites for hydroxylation is 1. The summed E-state index contributed by atoms with van der Waals surface area (Å²) in [5.74, 6) is -2.84. The van der Waals surface area contributed by atoms with E-state index in [9.17, 15) is 19.2 Å². The Labute approximate surface area is 174 Å². The van der Waals surface area contributed by atoms with Crippen LogP contribution in [0.1, 0.15) is 24.8 Å². The average Bonchev–Trinajstić information content (AvgIpc) is 2.74. The number of benzene rings is 2. The lowest BCUT2D eigenvalue weighted by Crippen LogP contribution is -2.48. The Morgan fingerprint density at radius 3 is 2.13 bits per heavy atom. The van der Waals surface area contributed by atoms with Gasteiger partial charge in [0.1, 0.15) is 6.04 Å². The molecule has 0 heterocycles. The maximum Gasteiger partial charge on any atom is 0.303 e. The highest BCUT2D eigenvalue weighted by Crippen LogP contribution is 2.19. The van der Waals surface area contributed by atoms with Gasteiger partial charge in [0.15, 0.2) is 0 Å². The van der Waals surface area contributed by atoms with Gasteiger partial charge in [0.05, 0.1) is 6.54 Å². The van der Waals surface area contributed by atoms with Crippen molar-refractivity contribution in [2.45, 2.75) is 31.7 Å².